The van der Waals surface area contributed by atoms with Crippen molar-refractivity contribution in [1.29, 1.82) is 5.26 Å². The fourth-order valence-corrected chi connectivity index (χ4v) is 3.88. The topological polar surface area (TPSA) is 84.1 Å². The van der Waals surface area contributed by atoms with Gasteiger partial charge in [-0.25, -0.2) is 13.1 Å². The van der Waals surface area contributed by atoms with Crippen molar-refractivity contribution in [2.45, 2.75) is 19.9 Å². The summed E-state index contributed by atoms with van der Waals surface area (Å²) in [6.07, 6.45) is 1.75. The molecule has 0 fully saturated rings. The highest BCUT2D eigenvalue weighted by molar-refractivity contribution is 7.88. The minimum atomic E-state index is -3.18. The summed E-state index contributed by atoms with van der Waals surface area (Å²) < 4.78 is 32.3. The van der Waals surface area contributed by atoms with Gasteiger partial charge in [0, 0.05) is 24.5 Å². The van der Waals surface area contributed by atoms with E-state index in [2.05, 4.69) is 22.3 Å². The molecule has 2 aromatic carbocycles. The van der Waals surface area contributed by atoms with Gasteiger partial charge in [-0.05, 0) is 36.6 Å². The quantitative estimate of drug-likeness (QED) is 0.663. The normalized spacial score (nSPS) is 11.5. The van der Waals surface area contributed by atoms with Crippen molar-refractivity contribution in [3.8, 4) is 23.1 Å². The molecule has 0 aliphatic carbocycles. The minimum absolute atomic E-state index is 0.358. The largest absolute Gasteiger partial charge is 0.497 e. The van der Waals surface area contributed by atoms with Crippen molar-refractivity contribution in [3.63, 3.8) is 0 Å². The molecule has 0 amide bonds. The number of ether oxygens (including phenoxy) is 1. The second kappa shape index (κ2) is 8.05. The molecule has 1 heterocycles. The molecule has 0 bridgehead atoms. The predicted octanol–water partition coefficient (Wildman–Crippen LogP) is 3.30. The summed E-state index contributed by atoms with van der Waals surface area (Å²) in [5.41, 5.74) is 4.47. The van der Waals surface area contributed by atoms with Crippen LogP contribution in [0.1, 0.15) is 18.1 Å². The molecule has 28 heavy (non-hydrogen) atoms. The Balaban J connectivity index is 2.00. The maximum absolute atomic E-state index is 11.2. The van der Waals surface area contributed by atoms with Gasteiger partial charge in [-0.1, -0.05) is 24.3 Å². The van der Waals surface area contributed by atoms with Crippen molar-refractivity contribution in [2.75, 3.05) is 19.9 Å². The third kappa shape index (κ3) is 4.03. The van der Waals surface area contributed by atoms with Crippen LogP contribution in [0.15, 0.2) is 42.5 Å². The summed E-state index contributed by atoms with van der Waals surface area (Å²) in [6, 6.07) is 16.0. The van der Waals surface area contributed by atoms with E-state index in [1.807, 2.05) is 42.5 Å². The fourth-order valence-electron chi connectivity index (χ4n) is 3.41. The molecule has 0 radical (unpaired) electrons. The van der Waals surface area contributed by atoms with Crippen LogP contribution in [0.25, 0.3) is 22.2 Å². The average Bonchev–Trinajstić information content (AvgIpc) is 3.00. The van der Waals surface area contributed by atoms with Crippen LogP contribution >= 0.6 is 0 Å². The Hall–Kier alpha value is -2.82. The Bertz CT molecular complexity index is 1140. The lowest BCUT2D eigenvalue weighted by Crippen LogP contribution is -2.24. The van der Waals surface area contributed by atoms with E-state index in [-0.39, 0.29) is 0 Å². The molecule has 146 valence electrons. The predicted molar refractivity (Wildman–Crippen MR) is 111 cm³/mol. The molecule has 0 unspecified atom stereocenters. The van der Waals surface area contributed by atoms with Gasteiger partial charge in [0.15, 0.2) is 0 Å². The molecule has 0 saturated carbocycles. The Morgan fingerprint density at radius 2 is 1.89 bits per heavy atom. The second-order valence-corrected chi connectivity index (χ2v) is 8.41. The Kier molecular flexibility index (Phi) is 5.73. The first kappa shape index (κ1) is 19.9. The summed E-state index contributed by atoms with van der Waals surface area (Å²) in [7, 11) is -1.55. The van der Waals surface area contributed by atoms with Crippen LogP contribution in [0.4, 0.5) is 0 Å². The number of nitrogens with zero attached hydrogens (tertiary/aromatic N) is 2. The molecule has 0 aliphatic rings. The number of aromatic nitrogens is 1. The lowest BCUT2D eigenvalue weighted by molar-refractivity contribution is 0.415. The van der Waals surface area contributed by atoms with E-state index < -0.39 is 10.0 Å². The molecule has 1 N–H and O–H groups in total. The monoisotopic (exact) mass is 397 g/mol. The van der Waals surface area contributed by atoms with Gasteiger partial charge in [0.05, 0.1) is 30.1 Å². The highest BCUT2D eigenvalue weighted by atomic mass is 32.2. The molecule has 0 spiro atoms. The van der Waals surface area contributed by atoms with E-state index >= 15 is 0 Å². The average molecular weight is 398 g/mol. The Labute approximate surface area is 165 Å². The third-order valence-electron chi connectivity index (χ3n) is 4.71. The maximum atomic E-state index is 11.2. The van der Waals surface area contributed by atoms with Gasteiger partial charge in [-0.2, -0.15) is 5.26 Å². The number of nitrogens with one attached hydrogen (secondary N) is 1. The van der Waals surface area contributed by atoms with Crippen LogP contribution < -0.4 is 9.46 Å². The van der Waals surface area contributed by atoms with Gasteiger partial charge >= 0.3 is 0 Å². The van der Waals surface area contributed by atoms with Crippen LogP contribution in [0.5, 0.6) is 5.75 Å². The zero-order valence-corrected chi connectivity index (χ0v) is 17.0. The van der Waals surface area contributed by atoms with Gasteiger partial charge in [-0.3, -0.25) is 0 Å². The van der Waals surface area contributed by atoms with E-state index in [9.17, 15) is 13.7 Å². The molecular weight excluding hydrogens is 374 g/mol. The molecule has 6 nitrogen and oxygen atoms in total. The van der Waals surface area contributed by atoms with E-state index in [4.69, 9.17) is 4.74 Å². The first-order valence-corrected chi connectivity index (χ1v) is 10.9. The SMILES string of the molecule is CCn1c(-c2ccc(CCNS(C)(=O)=O)cc2)c(C#N)c2ccc(OC)cc21. The van der Waals surface area contributed by atoms with E-state index in [1.165, 1.54) is 0 Å². The highest BCUT2D eigenvalue weighted by Gasteiger charge is 2.18. The number of hydrogen-bond donors (Lipinski definition) is 1. The molecule has 1 aromatic heterocycles. The number of aryl methyl sites for hydroxylation is 1. The zero-order chi connectivity index (χ0) is 20.3. The molecule has 0 saturated heterocycles. The van der Waals surface area contributed by atoms with Crippen LogP contribution in [-0.4, -0.2) is 32.9 Å². The number of benzene rings is 2. The number of rotatable bonds is 7. The second-order valence-electron chi connectivity index (χ2n) is 6.58. The van der Waals surface area contributed by atoms with Crippen LogP contribution in [0.3, 0.4) is 0 Å². The molecular formula is C21H23N3O3S. The van der Waals surface area contributed by atoms with Gasteiger partial charge in [0.2, 0.25) is 10.0 Å². The number of fused-ring (bicyclic) bond motifs is 1. The van der Waals surface area contributed by atoms with Crippen molar-refractivity contribution in [1.82, 2.24) is 9.29 Å². The highest BCUT2D eigenvalue weighted by Crippen LogP contribution is 2.35. The van der Waals surface area contributed by atoms with E-state index in [0.29, 0.717) is 18.5 Å². The van der Waals surface area contributed by atoms with Gasteiger partial charge in [0.1, 0.15) is 11.8 Å². The van der Waals surface area contributed by atoms with E-state index in [1.54, 1.807) is 7.11 Å². The molecule has 3 aromatic rings. The summed E-state index contributed by atoms with van der Waals surface area (Å²) in [5.74, 6) is 0.754. The lowest BCUT2D eigenvalue weighted by atomic mass is 10.0. The third-order valence-corrected chi connectivity index (χ3v) is 5.43. The lowest BCUT2D eigenvalue weighted by Gasteiger charge is -2.10. The first-order chi connectivity index (χ1) is 13.4. The maximum Gasteiger partial charge on any atom is 0.208 e. The summed E-state index contributed by atoms with van der Waals surface area (Å²) in [6.45, 7) is 3.13. The Morgan fingerprint density at radius 3 is 2.46 bits per heavy atom. The number of hydrogen-bond acceptors (Lipinski definition) is 4. The number of sulfonamides is 1. The number of methoxy groups -OCH3 is 1. The molecule has 7 heteroatoms. The van der Waals surface area contributed by atoms with Crippen molar-refractivity contribution < 1.29 is 13.2 Å². The Morgan fingerprint density at radius 1 is 1.18 bits per heavy atom. The molecule has 0 atom stereocenters. The summed E-state index contributed by atoms with van der Waals surface area (Å²) in [5, 5.41) is 10.7. The van der Waals surface area contributed by atoms with Crippen LogP contribution in [-0.2, 0) is 23.0 Å². The van der Waals surface area contributed by atoms with Crippen molar-refractivity contribution in [2.24, 2.45) is 0 Å². The van der Waals surface area contributed by atoms with Crippen LogP contribution in [0.2, 0.25) is 0 Å². The fraction of sp³-hybridized carbons (Fsp3) is 0.286. The summed E-state index contributed by atoms with van der Waals surface area (Å²) >= 11 is 0. The first-order valence-electron chi connectivity index (χ1n) is 9.02. The van der Waals surface area contributed by atoms with Gasteiger partial charge < -0.3 is 9.30 Å². The van der Waals surface area contributed by atoms with Gasteiger partial charge in [0.25, 0.3) is 0 Å². The molecule has 3 rings (SSSR count). The standard InChI is InChI=1S/C21H23N3O3S/c1-4-24-20-13-17(27-2)9-10-18(20)19(14-22)21(24)16-7-5-15(6-8-16)11-12-23-28(3,25)26/h5-10,13,23H,4,11-12H2,1-3H3. The van der Waals surface area contributed by atoms with Crippen molar-refractivity contribution >= 4 is 20.9 Å². The van der Waals surface area contributed by atoms with E-state index in [0.717, 1.165) is 46.3 Å². The number of nitriles is 1. The van der Waals surface area contributed by atoms with Gasteiger partial charge in [-0.15, -0.1) is 0 Å². The zero-order valence-electron chi connectivity index (χ0n) is 16.2. The van der Waals surface area contributed by atoms with Crippen LogP contribution in [0, 0.1) is 11.3 Å². The minimum Gasteiger partial charge on any atom is -0.497 e. The summed E-state index contributed by atoms with van der Waals surface area (Å²) in [4.78, 5) is 0. The van der Waals surface area contributed by atoms with Crippen molar-refractivity contribution in [3.05, 3.63) is 53.6 Å². The molecule has 0 aliphatic heterocycles. The smallest absolute Gasteiger partial charge is 0.208 e.